The zero-order chi connectivity index (χ0) is 20.4. The molecule has 0 spiro atoms. The first-order chi connectivity index (χ1) is 13.8. The van der Waals surface area contributed by atoms with E-state index >= 15 is 0 Å². The molecule has 2 aromatic carbocycles. The van der Waals surface area contributed by atoms with Gasteiger partial charge in [-0.25, -0.2) is 12.4 Å². The summed E-state index contributed by atoms with van der Waals surface area (Å²) in [5.74, 6) is -1.48. The van der Waals surface area contributed by atoms with Gasteiger partial charge in [-0.15, -0.1) is 0 Å². The van der Waals surface area contributed by atoms with E-state index in [9.17, 15) is 18.6 Å². The van der Waals surface area contributed by atoms with Gasteiger partial charge in [0.1, 0.15) is 0 Å². The Bertz CT molecular complexity index is 1180. The van der Waals surface area contributed by atoms with Gasteiger partial charge in [0.2, 0.25) is 0 Å². The smallest absolute Gasteiger partial charge is 0.268 e. The quantitative estimate of drug-likeness (QED) is 0.646. The maximum atomic E-state index is 13.2. The Morgan fingerprint density at radius 2 is 1.83 bits per heavy atom. The summed E-state index contributed by atoms with van der Waals surface area (Å²) in [7, 11) is -3.69. The van der Waals surface area contributed by atoms with Crippen LogP contribution in [0.2, 0.25) is 0 Å². The summed E-state index contributed by atoms with van der Waals surface area (Å²) in [6.07, 6.45) is 2.63. The standard InChI is InChI=1S/C22H24N2O4S/c1-15-2-6-19(7-3-15)29(27,28)24-10-8-16-4-5-17(12-20(16)24)18-13-21-22(25,26)9-11-23(21)14-18/h2-8,10,12,18,21,25-26H,9,11,13-14H2,1H3. The van der Waals surface area contributed by atoms with Crippen LogP contribution in [-0.2, 0) is 10.0 Å². The topological polar surface area (TPSA) is 82.8 Å². The highest BCUT2D eigenvalue weighted by molar-refractivity contribution is 7.90. The summed E-state index contributed by atoms with van der Waals surface area (Å²) in [5.41, 5.74) is 2.69. The highest BCUT2D eigenvalue weighted by Gasteiger charge is 2.50. The number of fused-ring (bicyclic) bond motifs is 2. The lowest BCUT2D eigenvalue weighted by atomic mass is 9.92. The lowest BCUT2D eigenvalue weighted by molar-refractivity contribution is -0.172. The van der Waals surface area contributed by atoms with Gasteiger partial charge in [0, 0.05) is 31.1 Å². The van der Waals surface area contributed by atoms with Crippen LogP contribution in [0.15, 0.2) is 59.6 Å². The molecule has 29 heavy (non-hydrogen) atoms. The van der Waals surface area contributed by atoms with E-state index in [-0.39, 0.29) is 16.9 Å². The van der Waals surface area contributed by atoms with Crippen molar-refractivity contribution in [2.24, 2.45) is 0 Å². The molecule has 2 aliphatic heterocycles. The average Bonchev–Trinajstić information content (AvgIpc) is 3.37. The van der Waals surface area contributed by atoms with Gasteiger partial charge in [0.15, 0.2) is 5.79 Å². The summed E-state index contributed by atoms with van der Waals surface area (Å²) in [6.45, 7) is 3.35. The van der Waals surface area contributed by atoms with Crippen molar-refractivity contribution < 1.29 is 18.6 Å². The Morgan fingerprint density at radius 3 is 2.55 bits per heavy atom. The number of aromatic nitrogens is 1. The van der Waals surface area contributed by atoms with Gasteiger partial charge < -0.3 is 10.2 Å². The van der Waals surface area contributed by atoms with Gasteiger partial charge in [-0.05, 0) is 49.1 Å². The van der Waals surface area contributed by atoms with Crippen LogP contribution in [0.25, 0.3) is 10.9 Å². The molecular weight excluding hydrogens is 388 g/mol. The zero-order valence-corrected chi connectivity index (χ0v) is 17.0. The molecule has 2 N–H and O–H groups in total. The van der Waals surface area contributed by atoms with Crippen molar-refractivity contribution in [1.82, 2.24) is 8.87 Å². The predicted molar refractivity (Wildman–Crippen MR) is 110 cm³/mol. The Labute approximate surface area is 170 Å². The molecule has 3 heterocycles. The minimum absolute atomic E-state index is 0.147. The van der Waals surface area contributed by atoms with E-state index in [4.69, 9.17) is 0 Å². The number of benzene rings is 2. The fraction of sp³-hybridized carbons (Fsp3) is 0.364. The normalized spacial score (nSPS) is 24.2. The molecule has 0 bridgehead atoms. The minimum atomic E-state index is -3.69. The molecule has 1 aromatic heterocycles. The SMILES string of the molecule is Cc1ccc(S(=O)(=O)n2ccc3ccc(C4CC5N(CCC5(O)O)C4)cc32)cc1. The van der Waals surface area contributed by atoms with Gasteiger partial charge in [0.05, 0.1) is 16.5 Å². The lowest BCUT2D eigenvalue weighted by Gasteiger charge is -2.23. The van der Waals surface area contributed by atoms with Crippen LogP contribution in [-0.4, -0.2) is 52.4 Å². The van der Waals surface area contributed by atoms with Gasteiger partial charge in [-0.3, -0.25) is 4.90 Å². The van der Waals surface area contributed by atoms with Crippen LogP contribution >= 0.6 is 0 Å². The Kier molecular flexibility index (Phi) is 4.15. The van der Waals surface area contributed by atoms with E-state index in [0.717, 1.165) is 23.1 Å². The molecule has 7 heteroatoms. The molecule has 2 saturated heterocycles. The average molecular weight is 413 g/mol. The van der Waals surface area contributed by atoms with E-state index in [1.54, 1.807) is 30.5 Å². The van der Waals surface area contributed by atoms with Crippen LogP contribution in [0.5, 0.6) is 0 Å². The molecule has 0 radical (unpaired) electrons. The molecular formula is C22H24N2O4S. The van der Waals surface area contributed by atoms with Gasteiger partial charge >= 0.3 is 0 Å². The molecule has 2 unspecified atom stereocenters. The summed E-state index contributed by atoms with van der Waals surface area (Å²) in [5, 5.41) is 21.3. The van der Waals surface area contributed by atoms with Crippen molar-refractivity contribution in [3.63, 3.8) is 0 Å². The zero-order valence-electron chi connectivity index (χ0n) is 16.2. The second-order valence-electron chi connectivity index (χ2n) is 8.32. The van der Waals surface area contributed by atoms with Crippen molar-refractivity contribution in [2.75, 3.05) is 13.1 Å². The largest absolute Gasteiger partial charge is 0.364 e. The molecule has 2 aliphatic rings. The van der Waals surface area contributed by atoms with E-state index < -0.39 is 15.8 Å². The third kappa shape index (κ3) is 3.00. The van der Waals surface area contributed by atoms with Crippen LogP contribution in [0.3, 0.4) is 0 Å². The number of rotatable bonds is 3. The van der Waals surface area contributed by atoms with Crippen molar-refractivity contribution in [3.05, 3.63) is 65.9 Å². The monoisotopic (exact) mass is 412 g/mol. The highest BCUT2D eigenvalue weighted by atomic mass is 32.2. The summed E-state index contributed by atoms with van der Waals surface area (Å²) >= 11 is 0. The fourth-order valence-electron chi connectivity index (χ4n) is 4.76. The van der Waals surface area contributed by atoms with Crippen LogP contribution in [0.4, 0.5) is 0 Å². The van der Waals surface area contributed by atoms with Crippen molar-refractivity contribution >= 4 is 20.9 Å². The number of hydrogen-bond acceptors (Lipinski definition) is 5. The van der Waals surface area contributed by atoms with E-state index in [1.165, 1.54) is 3.97 Å². The molecule has 2 atom stereocenters. The highest BCUT2D eigenvalue weighted by Crippen LogP contribution is 2.41. The van der Waals surface area contributed by atoms with Gasteiger partial charge in [-0.1, -0.05) is 29.8 Å². The third-order valence-electron chi connectivity index (χ3n) is 6.43. The third-order valence-corrected chi connectivity index (χ3v) is 8.14. The summed E-state index contributed by atoms with van der Waals surface area (Å²) in [6, 6.07) is 14.3. The molecule has 0 saturated carbocycles. The number of aliphatic hydroxyl groups is 2. The number of nitrogens with zero attached hydrogens (tertiary/aromatic N) is 2. The maximum absolute atomic E-state index is 13.2. The molecule has 3 aromatic rings. The van der Waals surface area contributed by atoms with Crippen molar-refractivity contribution in [2.45, 2.75) is 42.4 Å². The molecule has 2 fully saturated rings. The van der Waals surface area contributed by atoms with Crippen LogP contribution < -0.4 is 0 Å². The molecule has 0 amide bonds. The molecule has 6 nitrogen and oxygen atoms in total. The van der Waals surface area contributed by atoms with Crippen LogP contribution in [0.1, 0.15) is 29.9 Å². The first-order valence-electron chi connectivity index (χ1n) is 9.88. The van der Waals surface area contributed by atoms with Gasteiger partial charge in [0.25, 0.3) is 10.0 Å². The Hall–Kier alpha value is -2.19. The Morgan fingerprint density at radius 1 is 1.07 bits per heavy atom. The Balaban J connectivity index is 1.52. The summed E-state index contributed by atoms with van der Waals surface area (Å²) < 4.78 is 27.7. The predicted octanol–water partition coefficient (Wildman–Crippen LogP) is 2.43. The van der Waals surface area contributed by atoms with Crippen LogP contribution in [0, 0.1) is 6.92 Å². The van der Waals surface area contributed by atoms with E-state index in [2.05, 4.69) is 4.90 Å². The molecule has 0 aliphatic carbocycles. The van der Waals surface area contributed by atoms with Crippen molar-refractivity contribution in [1.29, 1.82) is 0 Å². The molecule has 5 rings (SSSR count). The minimum Gasteiger partial charge on any atom is -0.364 e. The second-order valence-corrected chi connectivity index (χ2v) is 10.1. The number of hydrogen-bond donors (Lipinski definition) is 2. The van der Waals surface area contributed by atoms with E-state index in [0.29, 0.717) is 24.9 Å². The lowest BCUT2D eigenvalue weighted by Crippen LogP contribution is -2.40. The summed E-state index contributed by atoms with van der Waals surface area (Å²) in [4.78, 5) is 2.38. The van der Waals surface area contributed by atoms with E-state index in [1.807, 2.05) is 31.2 Å². The first kappa shape index (κ1) is 18.8. The first-order valence-corrected chi connectivity index (χ1v) is 11.3. The van der Waals surface area contributed by atoms with Crippen molar-refractivity contribution in [3.8, 4) is 0 Å². The second kappa shape index (κ2) is 6.40. The molecule has 152 valence electrons. The maximum Gasteiger partial charge on any atom is 0.268 e. The number of aryl methyl sites for hydroxylation is 1. The van der Waals surface area contributed by atoms with Gasteiger partial charge in [-0.2, -0.15) is 0 Å². The fourth-order valence-corrected chi connectivity index (χ4v) is 6.10.